The van der Waals surface area contributed by atoms with Crippen molar-refractivity contribution in [3.63, 3.8) is 0 Å². The van der Waals surface area contributed by atoms with E-state index in [0.29, 0.717) is 19.5 Å². The molecule has 1 amide bonds. The van der Waals surface area contributed by atoms with Crippen LogP contribution in [0.4, 0.5) is 0 Å². The Morgan fingerprint density at radius 1 is 1.44 bits per heavy atom. The van der Waals surface area contributed by atoms with Gasteiger partial charge in [0.1, 0.15) is 5.54 Å². The van der Waals surface area contributed by atoms with Crippen LogP contribution < -0.4 is 5.73 Å². The molecular weight excluding hydrogens is 208 g/mol. The van der Waals surface area contributed by atoms with Crippen LogP contribution in [0.15, 0.2) is 0 Å². The molecule has 1 atom stereocenters. The molecule has 0 fully saturated rings. The van der Waals surface area contributed by atoms with Gasteiger partial charge in [-0.25, -0.2) is 4.79 Å². The van der Waals surface area contributed by atoms with Crippen molar-refractivity contribution in [2.24, 2.45) is 11.7 Å². The van der Waals surface area contributed by atoms with Crippen LogP contribution in [0.5, 0.6) is 0 Å². The molecule has 3 N–H and O–H groups in total. The number of carbonyl (C=O) groups excluding carboxylic acids is 1. The van der Waals surface area contributed by atoms with Gasteiger partial charge in [0.15, 0.2) is 0 Å². The van der Waals surface area contributed by atoms with Gasteiger partial charge in [-0.15, -0.1) is 0 Å². The van der Waals surface area contributed by atoms with Crippen molar-refractivity contribution >= 4 is 11.9 Å². The van der Waals surface area contributed by atoms with Crippen LogP contribution in [0.1, 0.15) is 34.1 Å². The summed E-state index contributed by atoms with van der Waals surface area (Å²) in [5, 5.41) is 9.06. The van der Waals surface area contributed by atoms with Crippen molar-refractivity contribution in [3.05, 3.63) is 0 Å². The minimum atomic E-state index is -1.17. The topological polar surface area (TPSA) is 83.6 Å². The van der Waals surface area contributed by atoms with Gasteiger partial charge in [-0.3, -0.25) is 4.79 Å². The second kappa shape index (κ2) is 5.84. The Balaban J connectivity index is 4.74. The van der Waals surface area contributed by atoms with Crippen molar-refractivity contribution < 1.29 is 14.7 Å². The maximum atomic E-state index is 11.9. The van der Waals surface area contributed by atoms with Gasteiger partial charge in [0.05, 0.1) is 0 Å². The molecule has 0 saturated carbocycles. The minimum Gasteiger partial charge on any atom is -0.480 e. The first-order chi connectivity index (χ1) is 7.27. The predicted molar refractivity (Wildman–Crippen MR) is 61.9 cm³/mol. The van der Waals surface area contributed by atoms with E-state index in [0.717, 1.165) is 0 Å². The van der Waals surface area contributed by atoms with Gasteiger partial charge in [0.25, 0.3) is 0 Å². The van der Waals surface area contributed by atoms with E-state index in [9.17, 15) is 9.59 Å². The molecule has 0 saturated heterocycles. The molecule has 0 aromatic carbocycles. The highest BCUT2D eigenvalue weighted by Gasteiger charge is 2.36. The lowest BCUT2D eigenvalue weighted by Crippen LogP contribution is -2.53. The van der Waals surface area contributed by atoms with Crippen molar-refractivity contribution in [1.29, 1.82) is 0 Å². The fraction of sp³-hybridized carbons (Fsp3) is 0.818. The number of hydrogen-bond acceptors (Lipinski definition) is 3. The van der Waals surface area contributed by atoms with Crippen LogP contribution in [0, 0.1) is 5.92 Å². The third kappa shape index (κ3) is 3.48. The molecule has 0 rings (SSSR count). The zero-order chi connectivity index (χ0) is 12.9. The summed E-state index contributed by atoms with van der Waals surface area (Å²) in [5.41, 5.74) is 4.28. The molecule has 0 aliphatic rings. The van der Waals surface area contributed by atoms with Gasteiger partial charge in [0.2, 0.25) is 5.91 Å². The van der Waals surface area contributed by atoms with E-state index in [4.69, 9.17) is 10.8 Å². The number of rotatable bonds is 6. The molecule has 0 aliphatic heterocycles. The second-order valence-corrected chi connectivity index (χ2v) is 4.55. The highest BCUT2D eigenvalue weighted by atomic mass is 16.4. The highest BCUT2D eigenvalue weighted by molar-refractivity contribution is 5.86. The molecule has 0 aromatic rings. The Bertz CT molecular complexity index is 264. The molecule has 0 radical (unpaired) electrons. The molecule has 0 bridgehead atoms. The van der Waals surface area contributed by atoms with Crippen molar-refractivity contribution in [1.82, 2.24) is 4.90 Å². The number of amides is 1. The van der Waals surface area contributed by atoms with Gasteiger partial charge < -0.3 is 15.7 Å². The number of carboxylic acid groups (broad SMARTS) is 1. The minimum absolute atomic E-state index is 0.0751. The first kappa shape index (κ1) is 14.9. The van der Waals surface area contributed by atoms with Crippen LogP contribution in [0.25, 0.3) is 0 Å². The molecule has 16 heavy (non-hydrogen) atoms. The number of nitrogens with zero attached hydrogens (tertiary/aromatic N) is 1. The van der Waals surface area contributed by atoms with Crippen LogP contribution in [0.2, 0.25) is 0 Å². The molecule has 5 nitrogen and oxygen atoms in total. The van der Waals surface area contributed by atoms with Gasteiger partial charge in [0, 0.05) is 13.0 Å². The van der Waals surface area contributed by atoms with E-state index in [1.54, 1.807) is 6.92 Å². The smallest absolute Gasteiger partial charge is 0.329 e. The fourth-order valence-electron chi connectivity index (χ4n) is 1.49. The molecule has 5 heteroatoms. The number of hydrogen-bond donors (Lipinski definition) is 2. The maximum absolute atomic E-state index is 11.9. The molecule has 0 aliphatic carbocycles. The summed E-state index contributed by atoms with van der Waals surface area (Å²) < 4.78 is 0. The molecule has 0 heterocycles. The summed E-state index contributed by atoms with van der Waals surface area (Å²) in [7, 11) is 0. The van der Waals surface area contributed by atoms with Crippen molar-refractivity contribution in [2.45, 2.75) is 39.7 Å². The largest absolute Gasteiger partial charge is 0.480 e. The quantitative estimate of drug-likeness (QED) is 0.703. The van der Waals surface area contributed by atoms with Crippen LogP contribution in [0.3, 0.4) is 0 Å². The fourth-order valence-corrected chi connectivity index (χ4v) is 1.49. The Morgan fingerprint density at radius 2 is 1.94 bits per heavy atom. The first-order valence-electron chi connectivity index (χ1n) is 5.51. The summed E-state index contributed by atoms with van der Waals surface area (Å²) in [6, 6.07) is 0. The average Bonchev–Trinajstić information content (AvgIpc) is 2.17. The SMILES string of the molecule is CCN(C(=O)CC(C)CN)C(C)(C)C(=O)O. The standard InChI is InChI=1S/C11H22N2O3/c1-5-13(11(3,4)10(15)16)9(14)6-8(2)7-12/h8H,5-7,12H2,1-4H3,(H,15,16). The second-order valence-electron chi connectivity index (χ2n) is 4.55. The third-order valence-corrected chi connectivity index (χ3v) is 2.74. The van der Waals surface area contributed by atoms with E-state index in [1.165, 1.54) is 18.7 Å². The number of aliphatic carboxylic acids is 1. The van der Waals surface area contributed by atoms with E-state index in [1.807, 2.05) is 6.92 Å². The van der Waals surface area contributed by atoms with Crippen molar-refractivity contribution in [3.8, 4) is 0 Å². The Hall–Kier alpha value is -1.10. The summed E-state index contributed by atoms with van der Waals surface area (Å²) >= 11 is 0. The summed E-state index contributed by atoms with van der Waals surface area (Å²) in [5.74, 6) is -1.08. The normalized spacial score (nSPS) is 13.3. The Kier molecular flexibility index (Phi) is 5.44. The highest BCUT2D eigenvalue weighted by Crippen LogP contribution is 2.17. The molecule has 0 spiro atoms. The molecule has 94 valence electrons. The van der Waals surface area contributed by atoms with E-state index >= 15 is 0 Å². The Morgan fingerprint density at radius 3 is 2.25 bits per heavy atom. The lowest BCUT2D eigenvalue weighted by Gasteiger charge is -2.34. The van der Waals surface area contributed by atoms with Crippen LogP contribution in [-0.4, -0.2) is 40.5 Å². The Labute approximate surface area is 96.6 Å². The van der Waals surface area contributed by atoms with Gasteiger partial charge in [-0.05, 0) is 33.2 Å². The molecular formula is C11H22N2O3. The van der Waals surface area contributed by atoms with Crippen molar-refractivity contribution in [2.75, 3.05) is 13.1 Å². The zero-order valence-electron chi connectivity index (χ0n) is 10.5. The first-order valence-corrected chi connectivity index (χ1v) is 5.51. The van der Waals surface area contributed by atoms with E-state index in [2.05, 4.69) is 0 Å². The zero-order valence-corrected chi connectivity index (χ0v) is 10.5. The monoisotopic (exact) mass is 230 g/mol. The average molecular weight is 230 g/mol. The van der Waals surface area contributed by atoms with Gasteiger partial charge in [-0.1, -0.05) is 6.92 Å². The summed E-state index contributed by atoms with van der Waals surface area (Å²) in [6.07, 6.45) is 0.293. The number of carbonyl (C=O) groups is 2. The molecule has 0 aromatic heterocycles. The number of nitrogens with two attached hydrogens (primary N) is 1. The third-order valence-electron chi connectivity index (χ3n) is 2.74. The maximum Gasteiger partial charge on any atom is 0.329 e. The van der Waals surface area contributed by atoms with E-state index < -0.39 is 11.5 Å². The number of likely N-dealkylation sites (N-methyl/N-ethyl adjacent to an activating group) is 1. The summed E-state index contributed by atoms with van der Waals surface area (Å²) in [6.45, 7) is 7.52. The molecule has 1 unspecified atom stereocenters. The number of carboxylic acids is 1. The van der Waals surface area contributed by atoms with Gasteiger partial charge in [-0.2, -0.15) is 0 Å². The van der Waals surface area contributed by atoms with E-state index in [-0.39, 0.29) is 11.8 Å². The summed E-state index contributed by atoms with van der Waals surface area (Å²) in [4.78, 5) is 24.3. The lowest BCUT2D eigenvalue weighted by atomic mass is 10.0. The lowest BCUT2D eigenvalue weighted by molar-refractivity contribution is -0.157. The van der Waals surface area contributed by atoms with Crippen LogP contribution in [-0.2, 0) is 9.59 Å². The predicted octanol–water partition coefficient (Wildman–Crippen LogP) is 0.683. The van der Waals surface area contributed by atoms with Gasteiger partial charge >= 0.3 is 5.97 Å². The van der Waals surface area contributed by atoms with Crippen LogP contribution >= 0.6 is 0 Å².